The minimum absolute atomic E-state index is 0.00806. The van der Waals surface area contributed by atoms with Crippen molar-refractivity contribution in [1.82, 2.24) is 14.8 Å². The predicted octanol–water partition coefficient (Wildman–Crippen LogP) is 4.66. The average molecular weight is 442 g/mol. The van der Waals surface area contributed by atoms with Crippen molar-refractivity contribution in [2.45, 2.75) is 45.7 Å². The van der Waals surface area contributed by atoms with E-state index in [0.717, 1.165) is 22.2 Å². The van der Waals surface area contributed by atoms with Crippen LogP contribution in [0.2, 0.25) is 0 Å². The van der Waals surface area contributed by atoms with Crippen LogP contribution < -0.4 is 5.32 Å². The molecular formula is C24H28FN3O2S. The monoisotopic (exact) mass is 441 g/mol. The molecule has 1 aromatic carbocycles. The molecule has 0 spiro atoms. The number of rotatable bonds is 6. The molecule has 1 unspecified atom stereocenters. The van der Waals surface area contributed by atoms with Gasteiger partial charge in [0, 0.05) is 31.6 Å². The lowest BCUT2D eigenvalue weighted by atomic mass is 9.95. The van der Waals surface area contributed by atoms with Gasteiger partial charge in [0.2, 0.25) is 5.91 Å². The quantitative estimate of drug-likeness (QED) is 0.605. The molecule has 4 rings (SSSR count). The summed E-state index contributed by atoms with van der Waals surface area (Å²) in [5.41, 5.74) is 2.61. The molecule has 3 aromatic rings. The highest BCUT2D eigenvalue weighted by atomic mass is 32.1. The number of carbonyl (C=O) groups is 2. The van der Waals surface area contributed by atoms with Gasteiger partial charge in [0.15, 0.2) is 0 Å². The molecule has 2 aromatic heterocycles. The van der Waals surface area contributed by atoms with Crippen LogP contribution in [0.5, 0.6) is 0 Å². The zero-order valence-electron chi connectivity index (χ0n) is 17.9. The Morgan fingerprint density at radius 3 is 2.58 bits per heavy atom. The fourth-order valence-electron chi connectivity index (χ4n) is 4.07. The average Bonchev–Trinajstić information content (AvgIpc) is 3.37. The lowest BCUT2D eigenvalue weighted by molar-refractivity contribution is -0.126. The van der Waals surface area contributed by atoms with E-state index in [-0.39, 0.29) is 29.6 Å². The third-order valence-corrected chi connectivity index (χ3v) is 7.00. The molecule has 0 bridgehead atoms. The Labute approximate surface area is 185 Å². The number of carbonyl (C=O) groups excluding carboxylic acids is 2. The number of hydrogen-bond acceptors (Lipinski definition) is 3. The molecule has 1 aliphatic heterocycles. The molecule has 1 saturated heterocycles. The minimum atomic E-state index is -0.270. The Kier molecular flexibility index (Phi) is 6.41. The first kappa shape index (κ1) is 21.6. The molecular weight excluding hydrogens is 413 g/mol. The number of aromatic nitrogens is 1. The van der Waals surface area contributed by atoms with Gasteiger partial charge >= 0.3 is 0 Å². The largest absolute Gasteiger partial charge is 0.353 e. The van der Waals surface area contributed by atoms with Crippen LogP contribution in [0, 0.1) is 11.7 Å². The van der Waals surface area contributed by atoms with Crippen molar-refractivity contribution in [2.24, 2.45) is 5.92 Å². The Morgan fingerprint density at radius 1 is 1.19 bits per heavy atom. The van der Waals surface area contributed by atoms with E-state index >= 15 is 0 Å². The smallest absolute Gasteiger partial charge is 0.270 e. The van der Waals surface area contributed by atoms with E-state index < -0.39 is 0 Å². The lowest BCUT2D eigenvalue weighted by Crippen LogP contribution is -2.45. The van der Waals surface area contributed by atoms with Gasteiger partial charge in [-0.3, -0.25) is 9.59 Å². The van der Waals surface area contributed by atoms with Crippen molar-refractivity contribution < 1.29 is 14.0 Å². The van der Waals surface area contributed by atoms with Gasteiger partial charge in [0.05, 0.1) is 10.2 Å². The van der Waals surface area contributed by atoms with Crippen LogP contribution in [-0.4, -0.2) is 40.4 Å². The van der Waals surface area contributed by atoms with Crippen LogP contribution >= 0.6 is 11.3 Å². The Hall–Kier alpha value is -2.67. The number of likely N-dealkylation sites (tertiary alicyclic amines) is 1. The van der Waals surface area contributed by atoms with E-state index in [2.05, 4.69) is 12.2 Å². The number of thiophene rings is 1. The third-order valence-electron chi connectivity index (χ3n) is 6.15. The summed E-state index contributed by atoms with van der Waals surface area (Å²) in [5, 5.41) is 5.07. The first-order valence-electron chi connectivity index (χ1n) is 10.9. The predicted molar refractivity (Wildman–Crippen MR) is 122 cm³/mol. The molecule has 31 heavy (non-hydrogen) atoms. The molecule has 1 aliphatic rings. The molecule has 5 nitrogen and oxygen atoms in total. The van der Waals surface area contributed by atoms with Crippen LogP contribution in [0.15, 0.2) is 41.8 Å². The van der Waals surface area contributed by atoms with Crippen molar-refractivity contribution in [1.29, 1.82) is 0 Å². The van der Waals surface area contributed by atoms with E-state index in [9.17, 15) is 14.0 Å². The maximum atomic E-state index is 13.4. The summed E-state index contributed by atoms with van der Waals surface area (Å²) in [4.78, 5) is 27.7. The summed E-state index contributed by atoms with van der Waals surface area (Å²) in [6.07, 6.45) is 2.27. The molecule has 7 heteroatoms. The van der Waals surface area contributed by atoms with E-state index in [4.69, 9.17) is 0 Å². The van der Waals surface area contributed by atoms with Gasteiger partial charge < -0.3 is 14.8 Å². The highest BCUT2D eigenvalue weighted by Crippen LogP contribution is 2.28. The van der Waals surface area contributed by atoms with Crippen molar-refractivity contribution in [3.63, 3.8) is 0 Å². The van der Waals surface area contributed by atoms with Gasteiger partial charge in [-0.05, 0) is 61.4 Å². The number of amides is 2. The van der Waals surface area contributed by atoms with Gasteiger partial charge in [-0.1, -0.05) is 19.1 Å². The van der Waals surface area contributed by atoms with Gasteiger partial charge in [0.1, 0.15) is 11.5 Å². The fourth-order valence-corrected chi connectivity index (χ4v) is 4.89. The first-order chi connectivity index (χ1) is 15.0. The van der Waals surface area contributed by atoms with E-state index in [1.54, 1.807) is 23.5 Å². The normalized spacial score (nSPS) is 15.9. The number of fused-ring (bicyclic) bond motifs is 1. The first-order valence-corrected chi connectivity index (χ1v) is 11.7. The second-order valence-electron chi connectivity index (χ2n) is 8.30. The summed E-state index contributed by atoms with van der Waals surface area (Å²) < 4.78 is 16.4. The molecule has 3 heterocycles. The van der Waals surface area contributed by atoms with Crippen molar-refractivity contribution in [2.75, 3.05) is 13.1 Å². The van der Waals surface area contributed by atoms with E-state index in [1.165, 1.54) is 12.1 Å². The van der Waals surface area contributed by atoms with Crippen LogP contribution in [-0.2, 0) is 11.3 Å². The third kappa shape index (κ3) is 4.66. The molecule has 1 N–H and O–H groups in total. The van der Waals surface area contributed by atoms with Crippen molar-refractivity contribution >= 4 is 33.4 Å². The van der Waals surface area contributed by atoms with Crippen LogP contribution in [0.25, 0.3) is 10.2 Å². The molecule has 0 radical (unpaired) electrons. The van der Waals surface area contributed by atoms with E-state index in [1.807, 2.05) is 33.9 Å². The fraction of sp³-hybridized carbons (Fsp3) is 0.417. The Balaban J connectivity index is 1.49. The summed E-state index contributed by atoms with van der Waals surface area (Å²) in [6, 6.07) is 10.5. The Bertz CT molecular complexity index is 1060. The maximum absolute atomic E-state index is 13.4. The second-order valence-corrected chi connectivity index (χ2v) is 9.24. The zero-order valence-corrected chi connectivity index (χ0v) is 18.8. The summed E-state index contributed by atoms with van der Waals surface area (Å²) in [5.74, 6) is -0.214. The van der Waals surface area contributed by atoms with Crippen LogP contribution in [0.1, 0.15) is 49.2 Å². The van der Waals surface area contributed by atoms with Gasteiger partial charge in [-0.15, -0.1) is 11.3 Å². The molecule has 164 valence electrons. The number of nitrogens with zero attached hydrogens (tertiary/aromatic N) is 2. The molecule has 2 amide bonds. The highest BCUT2D eigenvalue weighted by Gasteiger charge is 2.30. The Morgan fingerprint density at radius 2 is 1.90 bits per heavy atom. The molecule has 1 fully saturated rings. The summed E-state index contributed by atoms with van der Waals surface area (Å²) in [7, 11) is 0. The minimum Gasteiger partial charge on any atom is -0.353 e. The van der Waals surface area contributed by atoms with Gasteiger partial charge in [-0.25, -0.2) is 4.39 Å². The number of benzene rings is 1. The van der Waals surface area contributed by atoms with Gasteiger partial charge in [-0.2, -0.15) is 0 Å². The number of piperidine rings is 1. The molecule has 0 aliphatic carbocycles. The lowest BCUT2D eigenvalue weighted by Gasteiger charge is -2.32. The summed E-state index contributed by atoms with van der Waals surface area (Å²) in [6.45, 7) is 5.73. The molecule has 0 saturated carbocycles. The summed E-state index contributed by atoms with van der Waals surface area (Å²) >= 11 is 1.61. The van der Waals surface area contributed by atoms with E-state index in [0.29, 0.717) is 38.2 Å². The standard InChI is InChI=1S/C24H28FN3O2S/c1-3-16(2)26-23(29)18-8-11-27(12-9-18)24(30)21-14-22-20(10-13-31-22)28(21)15-17-4-6-19(25)7-5-17/h4-7,10,13-14,16,18H,3,8-9,11-12,15H2,1-2H3,(H,26,29). The maximum Gasteiger partial charge on any atom is 0.270 e. The number of nitrogens with one attached hydrogen (secondary N) is 1. The number of hydrogen-bond donors (Lipinski definition) is 1. The van der Waals surface area contributed by atoms with Crippen molar-refractivity contribution in [3.8, 4) is 0 Å². The van der Waals surface area contributed by atoms with Crippen molar-refractivity contribution in [3.05, 3.63) is 58.9 Å². The SMILES string of the molecule is CCC(C)NC(=O)C1CCN(C(=O)c2cc3sccc3n2Cc2ccc(F)cc2)CC1. The van der Waals surface area contributed by atoms with Crippen LogP contribution in [0.4, 0.5) is 4.39 Å². The second kappa shape index (κ2) is 9.22. The molecule has 1 atom stereocenters. The topological polar surface area (TPSA) is 54.3 Å². The zero-order chi connectivity index (χ0) is 22.0. The van der Waals surface area contributed by atoms with Gasteiger partial charge in [0.25, 0.3) is 5.91 Å². The number of halogens is 1. The van der Waals surface area contributed by atoms with Crippen LogP contribution in [0.3, 0.4) is 0 Å². The highest BCUT2D eigenvalue weighted by molar-refractivity contribution is 7.17.